The van der Waals surface area contributed by atoms with Gasteiger partial charge in [-0.15, -0.1) is 0 Å². The molecule has 4 rings (SSSR count). The van der Waals surface area contributed by atoms with Crippen LogP contribution in [0.15, 0.2) is 41.2 Å². The average molecular weight is 380 g/mol. The number of nitro groups is 1. The van der Waals surface area contributed by atoms with E-state index in [4.69, 9.17) is 9.72 Å². The molecule has 8 heteroatoms. The summed E-state index contributed by atoms with van der Waals surface area (Å²) in [4.78, 5) is 29.0. The van der Waals surface area contributed by atoms with Crippen LogP contribution in [0.3, 0.4) is 0 Å². The molecule has 0 saturated carbocycles. The minimum Gasteiger partial charge on any atom is -0.497 e. The maximum absolute atomic E-state index is 13.4. The van der Waals surface area contributed by atoms with Crippen molar-refractivity contribution in [2.24, 2.45) is 0 Å². The lowest BCUT2D eigenvalue weighted by Gasteiger charge is -2.19. The molecule has 0 aliphatic carbocycles. The fourth-order valence-electron chi connectivity index (χ4n) is 3.69. The molecule has 144 valence electrons. The van der Waals surface area contributed by atoms with Gasteiger partial charge in [0.2, 0.25) is 0 Å². The molecule has 2 aromatic carbocycles. The van der Waals surface area contributed by atoms with Crippen LogP contribution in [-0.4, -0.2) is 28.1 Å². The third-order valence-electron chi connectivity index (χ3n) is 5.09. The van der Waals surface area contributed by atoms with E-state index >= 15 is 0 Å². The highest BCUT2D eigenvalue weighted by Crippen LogP contribution is 2.28. The van der Waals surface area contributed by atoms with Crippen molar-refractivity contribution >= 4 is 16.6 Å². The number of nitrogens with zero attached hydrogens (tertiary/aromatic N) is 3. The zero-order valence-corrected chi connectivity index (χ0v) is 15.6. The van der Waals surface area contributed by atoms with E-state index in [1.54, 1.807) is 42.9 Å². The molecule has 1 aliphatic heterocycles. The van der Waals surface area contributed by atoms with Gasteiger partial charge >= 0.3 is 0 Å². The number of fused-ring (bicyclic) bond motifs is 1. The van der Waals surface area contributed by atoms with Crippen LogP contribution >= 0.6 is 0 Å². The zero-order chi connectivity index (χ0) is 19.8. The van der Waals surface area contributed by atoms with Crippen LogP contribution in [0.2, 0.25) is 0 Å². The van der Waals surface area contributed by atoms with Gasteiger partial charge in [0, 0.05) is 12.1 Å². The second kappa shape index (κ2) is 7.05. The molecule has 8 nitrogen and oxygen atoms in total. The second-order valence-electron chi connectivity index (χ2n) is 6.87. The first-order chi connectivity index (χ1) is 13.5. The highest BCUT2D eigenvalue weighted by Gasteiger charge is 2.25. The summed E-state index contributed by atoms with van der Waals surface area (Å²) in [5.41, 5.74) is 1.34. The fraction of sp³-hybridized carbons (Fsp3) is 0.300. The van der Waals surface area contributed by atoms with Gasteiger partial charge in [-0.2, -0.15) is 0 Å². The normalized spacial score (nSPS) is 16.4. The molecule has 0 spiro atoms. The van der Waals surface area contributed by atoms with Crippen LogP contribution in [0.25, 0.3) is 16.6 Å². The number of benzene rings is 2. The van der Waals surface area contributed by atoms with Crippen molar-refractivity contribution < 1.29 is 9.66 Å². The molecular formula is C20H20N4O4. The smallest absolute Gasteiger partial charge is 0.270 e. The standard InChI is InChI=1S/C20H20N4O4/c1-12-10-14(24(26)27)11-16-18(12)22-19(17-4-3-9-21-17)23(20(16)25)13-5-7-15(28-2)8-6-13/h5-8,10-11,17,21H,3-4,9H2,1-2H3/t17-/m0/s1. The average Bonchev–Trinajstić information content (AvgIpc) is 3.23. The number of hydrogen-bond acceptors (Lipinski definition) is 6. The Morgan fingerprint density at radius 1 is 1.29 bits per heavy atom. The van der Waals surface area contributed by atoms with E-state index < -0.39 is 4.92 Å². The zero-order valence-electron chi connectivity index (χ0n) is 15.6. The van der Waals surface area contributed by atoms with Crippen LogP contribution in [0, 0.1) is 17.0 Å². The van der Waals surface area contributed by atoms with Gasteiger partial charge in [0.25, 0.3) is 11.2 Å². The lowest BCUT2D eigenvalue weighted by molar-refractivity contribution is -0.384. The maximum Gasteiger partial charge on any atom is 0.270 e. The Hall–Kier alpha value is -3.26. The van der Waals surface area contributed by atoms with Gasteiger partial charge in [0.05, 0.1) is 34.7 Å². The fourth-order valence-corrected chi connectivity index (χ4v) is 3.69. The van der Waals surface area contributed by atoms with Crippen LogP contribution in [0.1, 0.15) is 30.3 Å². The van der Waals surface area contributed by atoms with Crippen LogP contribution < -0.4 is 15.6 Å². The number of aryl methyl sites for hydroxylation is 1. The summed E-state index contributed by atoms with van der Waals surface area (Å²) < 4.78 is 6.75. The summed E-state index contributed by atoms with van der Waals surface area (Å²) in [5.74, 6) is 1.30. The molecule has 1 saturated heterocycles. The molecule has 1 atom stereocenters. The van der Waals surface area contributed by atoms with Crippen molar-refractivity contribution in [3.05, 3.63) is 68.3 Å². The Morgan fingerprint density at radius 3 is 2.64 bits per heavy atom. The molecular weight excluding hydrogens is 360 g/mol. The summed E-state index contributed by atoms with van der Waals surface area (Å²) in [6.45, 7) is 2.60. The number of methoxy groups -OCH3 is 1. The molecule has 0 radical (unpaired) electrons. The Morgan fingerprint density at radius 2 is 2.04 bits per heavy atom. The van der Waals surface area contributed by atoms with E-state index in [1.807, 2.05) is 0 Å². The van der Waals surface area contributed by atoms with Gasteiger partial charge < -0.3 is 10.1 Å². The van der Waals surface area contributed by atoms with Gasteiger partial charge in [0.15, 0.2) is 0 Å². The molecule has 1 fully saturated rings. The first-order valence-electron chi connectivity index (χ1n) is 9.09. The Kier molecular flexibility index (Phi) is 4.56. The van der Waals surface area contributed by atoms with Crippen molar-refractivity contribution in [2.45, 2.75) is 25.8 Å². The molecule has 2 heterocycles. The van der Waals surface area contributed by atoms with Gasteiger partial charge in [-0.3, -0.25) is 19.5 Å². The highest BCUT2D eigenvalue weighted by molar-refractivity contribution is 5.84. The second-order valence-corrected chi connectivity index (χ2v) is 6.87. The van der Waals surface area contributed by atoms with Crippen molar-refractivity contribution in [2.75, 3.05) is 13.7 Å². The Balaban J connectivity index is 2.03. The summed E-state index contributed by atoms with van der Waals surface area (Å²) in [5, 5.41) is 14.9. The minimum atomic E-state index is -0.490. The molecule has 1 N–H and O–H groups in total. The number of nitro benzene ring substituents is 1. The quantitative estimate of drug-likeness (QED) is 0.552. The molecule has 0 bridgehead atoms. The van der Waals surface area contributed by atoms with Crippen molar-refractivity contribution in [3.8, 4) is 11.4 Å². The van der Waals surface area contributed by atoms with Gasteiger partial charge in [0.1, 0.15) is 11.6 Å². The van der Waals surface area contributed by atoms with E-state index in [9.17, 15) is 14.9 Å². The first-order valence-corrected chi connectivity index (χ1v) is 9.09. The number of rotatable bonds is 4. The largest absolute Gasteiger partial charge is 0.497 e. The lowest BCUT2D eigenvalue weighted by atomic mass is 10.1. The van der Waals surface area contributed by atoms with Crippen LogP contribution in [0.4, 0.5) is 5.69 Å². The minimum absolute atomic E-state index is 0.0474. The molecule has 1 aromatic heterocycles. The molecule has 28 heavy (non-hydrogen) atoms. The lowest BCUT2D eigenvalue weighted by Crippen LogP contribution is -2.29. The Labute approximate surface area is 160 Å². The van der Waals surface area contributed by atoms with Crippen LogP contribution in [0.5, 0.6) is 5.75 Å². The number of nitrogens with one attached hydrogen (secondary N) is 1. The van der Waals surface area contributed by atoms with Crippen molar-refractivity contribution in [1.82, 2.24) is 14.9 Å². The number of non-ortho nitro benzene ring substituents is 1. The highest BCUT2D eigenvalue weighted by atomic mass is 16.6. The summed E-state index contributed by atoms with van der Waals surface area (Å²) in [6, 6.07) is 9.84. The third-order valence-corrected chi connectivity index (χ3v) is 5.09. The Bertz CT molecular complexity index is 1120. The SMILES string of the molecule is COc1ccc(-n2c([C@@H]3CCCN3)nc3c(C)cc([N+](=O)[O-])cc3c2=O)cc1. The first kappa shape index (κ1) is 18.1. The molecule has 0 amide bonds. The topological polar surface area (TPSA) is 99.3 Å². The third kappa shape index (κ3) is 3.01. The van der Waals surface area contributed by atoms with Crippen molar-refractivity contribution in [1.29, 1.82) is 0 Å². The molecule has 3 aromatic rings. The monoisotopic (exact) mass is 380 g/mol. The number of aromatic nitrogens is 2. The van der Waals surface area contributed by atoms with Crippen LogP contribution in [-0.2, 0) is 0 Å². The summed E-state index contributed by atoms with van der Waals surface area (Å²) >= 11 is 0. The maximum atomic E-state index is 13.4. The van der Waals surface area contributed by atoms with Gasteiger partial charge in [-0.1, -0.05) is 0 Å². The van der Waals surface area contributed by atoms with E-state index in [2.05, 4.69) is 5.32 Å². The molecule has 1 aliphatic rings. The van der Waals surface area contributed by atoms with Gasteiger partial charge in [-0.05, 0) is 56.1 Å². The van der Waals surface area contributed by atoms with Gasteiger partial charge in [-0.25, -0.2) is 4.98 Å². The van der Waals surface area contributed by atoms with E-state index in [0.717, 1.165) is 19.4 Å². The molecule has 0 unspecified atom stereocenters. The summed E-state index contributed by atoms with van der Waals surface area (Å²) in [6.07, 6.45) is 1.88. The van der Waals surface area contributed by atoms with E-state index in [0.29, 0.717) is 28.3 Å². The predicted octanol–water partition coefficient (Wildman–Crippen LogP) is 3.04. The number of ether oxygens (including phenoxy) is 1. The number of hydrogen-bond donors (Lipinski definition) is 1. The summed E-state index contributed by atoms with van der Waals surface area (Å²) in [7, 11) is 1.58. The van der Waals surface area contributed by atoms with E-state index in [1.165, 1.54) is 12.1 Å². The van der Waals surface area contributed by atoms with Crippen molar-refractivity contribution in [3.63, 3.8) is 0 Å². The van der Waals surface area contributed by atoms with E-state index in [-0.39, 0.29) is 22.7 Å². The predicted molar refractivity (Wildman–Crippen MR) is 105 cm³/mol.